The maximum atomic E-state index is 9.16. The molecular weight excluding hydrogens is 186 g/mol. The standard InChI is InChI=1S/C13H19NO/c1-10-5-2-3-7-12(10)13-8-4-6-11(9-15)14-13/h2-3,5,7,11,13-15H,4,6,8-9H2,1H3. The molecule has 2 nitrogen and oxygen atoms in total. The van der Waals surface area contributed by atoms with E-state index in [9.17, 15) is 0 Å². The predicted molar refractivity (Wildman–Crippen MR) is 61.8 cm³/mol. The van der Waals surface area contributed by atoms with Crippen molar-refractivity contribution in [1.29, 1.82) is 0 Å². The van der Waals surface area contributed by atoms with Gasteiger partial charge < -0.3 is 10.4 Å². The van der Waals surface area contributed by atoms with Crippen LogP contribution in [0.25, 0.3) is 0 Å². The largest absolute Gasteiger partial charge is 0.395 e. The second kappa shape index (κ2) is 4.77. The summed E-state index contributed by atoms with van der Waals surface area (Å²) < 4.78 is 0. The highest BCUT2D eigenvalue weighted by atomic mass is 16.3. The van der Waals surface area contributed by atoms with Gasteiger partial charge in [0, 0.05) is 12.1 Å². The highest BCUT2D eigenvalue weighted by molar-refractivity contribution is 5.29. The number of aliphatic hydroxyl groups excluding tert-OH is 1. The van der Waals surface area contributed by atoms with Crippen LogP contribution < -0.4 is 5.32 Å². The first-order valence-electron chi connectivity index (χ1n) is 5.73. The molecule has 1 fully saturated rings. The third-order valence-electron chi connectivity index (χ3n) is 3.27. The van der Waals surface area contributed by atoms with E-state index >= 15 is 0 Å². The second-order valence-electron chi connectivity index (χ2n) is 4.39. The Kier molecular flexibility index (Phi) is 3.39. The molecule has 1 heterocycles. The van der Waals surface area contributed by atoms with Gasteiger partial charge in [-0.05, 0) is 37.3 Å². The van der Waals surface area contributed by atoms with Gasteiger partial charge in [-0.2, -0.15) is 0 Å². The van der Waals surface area contributed by atoms with Crippen molar-refractivity contribution in [2.24, 2.45) is 0 Å². The normalized spacial score (nSPS) is 26.5. The van der Waals surface area contributed by atoms with E-state index < -0.39 is 0 Å². The zero-order valence-electron chi connectivity index (χ0n) is 9.24. The van der Waals surface area contributed by atoms with Crippen LogP contribution in [0.5, 0.6) is 0 Å². The Bertz CT molecular complexity index is 324. The van der Waals surface area contributed by atoms with Crippen molar-refractivity contribution in [3.05, 3.63) is 35.4 Å². The smallest absolute Gasteiger partial charge is 0.0584 e. The van der Waals surface area contributed by atoms with Gasteiger partial charge in [-0.15, -0.1) is 0 Å². The number of hydrogen-bond donors (Lipinski definition) is 2. The minimum Gasteiger partial charge on any atom is -0.395 e. The number of hydrogen-bond acceptors (Lipinski definition) is 2. The van der Waals surface area contributed by atoms with Crippen LogP contribution in [0.15, 0.2) is 24.3 Å². The zero-order chi connectivity index (χ0) is 10.7. The molecule has 1 aromatic carbocycles. The van der Waals surface area contributed by atoms with Crippen molar-refractivity contribution in [2.75, 3.05) is 6.61 Å². The van der Waals surface area contributed by atoms with Gasteiger partial charge in [-0.1, -0.05) is 24.3 Å². The number of nitrogens with one attached hydrogen (secondary N) is 1. The zero-order valence-corrected chi connectivity index (χ0v) is 9.24. The molecule has 2 rings (SSSR count). The lowest BCUT2D eigenvalue weighted by Gasteiger charge is -2.31. The van der Waals surface area contributed by atoms with Crippen molar-refractivity contribution in [3.8, 4) is 0 Å². The number of piperidine rings is 1. The summed E-state index contributed by atoms with van der Waals surface area (Å²) in [5.74, 6) is 0. The molecule has 2 atom stereocenters. The minimum absolute atomic E-state index is 0.252. The Hall–Kier alpha value is -0.860. The fourth-order valence-corrected chi connectivity index (χ4v) is 2.39. The lowest BCUT2D eigenvalue weighted by molar-refractivity contribution is 0.198. The number of aliphatic hydroxyl groups is 1. The molecular formula is C13H19NO. The van der Waals surface area contributed by atoms with Crippen molar-refractivity contribution in [1.82, 2.24) is 5.32 Å². The van der Waals surface area contributed by atoms with Gasteiger partial charge in [-0.25, -0.2) is 0 Å². The first-order valence-corrected chi connectivity index (χ1v) is 5.73. The molecule has 0 aromatic heterocycles. The van der Waals surface area contributed by atoms with Gasteiger partial charge >= 0.3 is 0 Å². The van der Waals surface area contributed by atoms with Gasteiger partial charge in [-0.3, -0.25) is 0 Å². The van der Waals surface area contributed by atoms with Crippen molar-refractivity contribution in [2.45, 2.75) is 38.3 Å². The molecule has 0 amide bonds. The lowest BCUT2D eigenvalue weighted by Crippen LogP contribution is -2.39. The Morgan fingerprint density at radius 3 is 2.87 bits per heavy atom. The molecule has 1 aliphatic rings. The highest BCUT2D eigenvalue weighted by Gasteiger charge is 2.22. The van der Waals surface area contributed by atoms with Crippen LogP contribution in [0, 0.1) is 6.92 Å². The van der Waals surface area contributed by atoms with Gasteiger partial charge in [0.2, 0.25) is 0 Å². The molecule has 2 N–H and O–H groups in total. The lowest BCUT2D eigenvalue weighted by atomic mass is 9.91. The number of rotatable bonds is 2. The first-order chi connectivity index (χ1) is 7.31. The predicted octanol–water partition coefficient (Wildman–Crippen LogP) is 2.17. The van der Waals surface area contributed by atoms with Crippen LogP contribution in [0.4, 0.5) is 0 Å². The highest BCUT2D eigenvalue weighted by Crippen LogP contribution is 2.27. The van der Waals surface area contributed by atoms with Crippen LogP contribution in [0.1, 0.15) is 36.4 Å². The van der Waals surface area contributed by atoms with Crippen LogP contribution in [0.2, 0.25) is 0 Å². The average Bonchev–Trinajstić information content (AvgIpc) is 2.30. The topological polar surface area (TPSA) is 32.3 Å². The molecule has 1 aromatic rings. The summed E-state index contributed by atoms with van der Waals surface area (Å²) in [5.41, 5.74) is 2.73. The summed E-state index contributed by atoms with van der Waals surface area (Å²) in [6, 6.07) is 9.21. The Balaban J connectivity index is 2.13. The molecule has 2 heteroatoms. The van der Waals surface area contributed by atoms with Gasteiger partial charge in [0.25, 0.3) is 0 Å². The van der Waals surface area contributed by atoms with Gasteiger partial charge in [0.15, 0.2) is 0 Å². The SMILES string of the molecule is Cc1ccccc1C1CCCC(CO)N1. The summed E-state index contributed by atoms with van der Waals surface area (Å²) in [7, 11) is 0. The van der Waals surface area contributed by atoms with E-state index in [4.69, 9.17) is 5.11 Å². The third-order valence-corrected chi connectivity index (χ3v) is 3.27. The quantitative estimate of drug-likeness (QED) is 0.775. The molecule has 15 heavy (non-hydrogen) atoms. The Morgan fingerprint density at radius 1 is 1.33 bits per heavy atom. The molecule has 0 saturated carbocycles. The average molecular weight is 205 g/mol. The van der Waals surface area contributed by atoms with Crippen LogP contribution in [0.3, 0.4) is 0 Å². The second-order valence-corrected chi connectivity index (χ2v) is 4.39. The summed E-state index contributed by atoms with van der Waals surface area (Å²) >= 11 is 0. The summed E-state index contributed by atoms with van der Waals surface area (Å²) in [4.78, 5) is 0. The van der Waals surface area contributed by atoms with Gasteiger partial charge in [0.05, 0.1) is 6.61 Å². The van der Waals surface area contributed by atoms with E-state index in [1.165, 1.54) is 24.0 Å². The molecule has 0 aliphatic carbocycles. The fourth-order valence-electron chi connectivity index (χ4n) is 2.39. The molecule has 0 spiro atoms. The molecule has 0 radical (unpaired) electrons. The molecule has 2 unspecified atom stereocenters. The van der Waals surface area contributed by atoms with Crippen molar-refractivity contribution >= 4 is 0 Å². The minimum atomic E-state index is 0.252. The van der Waals surface area contributed by atoms with E-state index in [2.05, 4.69) is 36.5 Å². The Labute approximate surface area is 91.3 Å². The molecule has 0 bridgehead atoms. The number of aryl methyl sites for hydroxylation is 1. The van der Waals surface area contributed by atoms with Crippen LogP contribution in [-0.2, 0) is 0 Å². The van der Waals surface area contributed by atoms with Crippen molar-refractivity contribution in [3.63, 3.8) is 0 Å². The molecule has 1 aliphatic heterocycles. The summed E-state index contributed by atoms with van der Waals surface area (Å²) in [5, 5.41) is 12.7. The Morgan fingerprint density at radius 2 is 2.13 bits per heavy atom. The first kappa shape index (κ1) is 10.7. The van der Waals surface area contributed by atoms with Crippen LogP contribution in [-0.4, -0.2) is 17.8 Å². The van der Waals surface area contributed by atoms with E-state index in [-0.39, 0.29) is 12.6 Å². The monoisotopic (exact) mass is 205 g/mol. The van der Waals surface area contributed by atoms with Crippen LogP contribution >= 0.6 is 0 Å². The van der Waals surface area contributed by atoms with Gasteiger partial charge in [0.1, 0.15) is 0 Å². The van der Waals surface area contributed by atoms with E-state index in [0.717, 1.165) is 6.42 Å². The van der Waals surface area contributed by atoms with E-state index in [0.29, 0.717) is 6.04 Å². The van der Waals surface area contributed by atoms with Crippen molar-refractivity contribution < 1.29 is 5.11 Å². The third kappa shape index (κ3) is 2.39. The molecule has 82 valence electrons. The fraction of sp³-hybridized carbons (Fsp3) is 0.538. The maximum Gasteiger partial charge on any atom is 0.0584 e. The maximum absolute atomic E-state index is 9.16. The summed E-state index contributed by atoms with van der Waals surface area (Å²) in [6.07, 6.45) is 3.48. The molecule has 1 saturated heterocycles. The van der Waals surface area contributed by atoms with E-state index in [1.54, 1.807) is 0 Å². The van der Waals surface area contributed by atoms with E-state index in [1.807, 2.05) is 0 Å². The summed E-state index contributed by atoms with van der Waals surface area (Å²) in [6.45, 7) is 2.40. The number of benzene rings is 1.